The summed E-state index contributed by atoms with van der Waals surface area (Å²) in [6, 6.07) is 24.4. The first-order chi connectivity index (χ1) is 17.0. The topological polar surface area (TPSA) is 108 Å². The molecule has 0 saturated heterocycles. The Bertz CT molecular complexity index is 1380. The zero-order valence-corrected chi connectivity index (χ0v) is 18.8. The summed E-state index contributed by atoms with van der Waals surface area (Å²) in [5, 5.41) is 31.9. The minimum Gasteiger partial charge on any atom is -0.507 e. The number of nitro groups is 1. The van der Waals surface area contributed by atoms with Gasteiger partial charge in [0.15, 0.2) is 5.78 Å². The van der Waals surface area contributed by atoms with Crippen molar-refractivity contribution in [1.29, 1.82) is 5.41 Å². The van der Waals surface area contributed by atoms with Gasteiger partial charge in [0.05, 0.1) is 4.92 Å². The molecule has 1 heterocycles. The lowest BCUT2D eigenvalue weighted by atomic mass is 9.73. The molecule has 1 aliphatic carbocycles. The van der Waals surface area contributed by atoms with Gasteiger partial charge in [0, 0.05) is 52.6 Å². The monoisotopic (exact) mass is 465 g/mol. The maximum Gasteiger partial charge on any atom is 0.269 e. The van der Waals surface area contributed by atoms with E-state index in [4.69, 9.17) is 0 Å². The lowest BCUT2D eigenvalue weighted by molar-refractivity contribution is -0.384. The van der Waals surface area contributed by atoms with Crippen LogP contribution >= 0.6 is 0 Å². The molecule has 5 rings (SSSR count). The summed E-state index contributed by atoms with van der Waals surface area (Å²) < 4.78 is 0. The van der Waals surface area contributed by atoms with E-state index in [2.05, 4.69) is 0 Å². The number of benzene rings is 3. The van der Waals surface area contributed by atoms with Crippen molar-refractivity contribution in [1.82, 2.24) is 0 Å². The number of nitrogens with zero attached hydrogens (tertiary/aromatic N) is 2. The zero-order chi connectivity index (χ0) is 24.5. The Morgan fingerprint density at radius 3 is 2.20 bits per heavy atom. The van der Waals surface area contributed by atoms with E-state index in [1.807, 2.05) is 36.4 Å². The van der Waals surface area contributed by atoms with E-state index in [9.17, 15) is 25.4 Å². The Morgan fingerprint density at radius 2 is 1.57 bits per heavy atom. The first-order valence-electron chi connectivity index (χ1n) is 11.4. The number of hydrogen-bond acceptors (Lipinski definition) is 5. The molecular formula is C28H23N3O4. The van der Waals surface area contributed by atoms with E-state index in [1.54, 1.807) is 41.3 Å². The predicted octanol–water partition coefficient (Wildman–Crippen LogP) is 6.15. The van der Waals surface area contributed by atoms with Gasteiger partial charge in [-0.2, -0.15) is 0 Å². The summed E-state index contributed by atoms with van der Waals surface area (Å²) >= 11 is 0. The summed E-state index contributed by atoms with van der Waals surface area (Å²) in [6.45, 7) is 0. The van der Waals surface area contributed by atoms with Crippen molar-refractivity contribution >= 4 is 28.8 Å². The van der Waals surface area contributed by atoms with Crippen molar-refractivity contribution in [2.24, 2.45) is 0 Å². The van der Waals surface area contributed by atoms with Crippen molar-refractivity contribution in [2.45, 2.75) is 25.2 Å². The molecule has 3 aromatic carbocycles. The number of hydrogen-bond donors (Lipinski definition) is 2. The molecule has 7 nitrogen and oxygen atoms in total. The molecule has 174 valence electrons. The molecule has 3 aromatic rings. The molecule has 1 aliphatic heterocycles. The number of aliphatic hydroxyl groups is 1. The molecule has 0 aromatic heterocycles. The number of amidine groups is 1. The van der Waals surface area contributed by atoms with Gasteiger partial charge in [-0.25, -0.2) is 0 Å². The molecule has 0 radical (unpaired) electrons. The molecule has 0 bridgehead atoms. The first-order valence-corrected chi connectivity index (χ1v) is 11.4. The maximum atomic E-state index is 13.4. The molecule has 7 heteroatoms. The Balaban J connectivity index is 1.79. The third kappa shape index (κ3) is 3.91. The van der Waals surface area contributed by atoms with Gasteiger partial charge in [0.25, 0.3) is 5.69 Å². The quantitative estimate of drug-likeness (QED) is 0.273. The first kappa shape index (κ1) is 22.3. The van der Waals surface area contributed by atoms with E-state index >= 15 is 0 Å². The van der Waals surface area contributed by atoms with Gasteiger partial charge < -0.3 is 5.11 Å². The number of nitrogens with one attached hydrogen (secondary N) is 1. The van der Waals surface area contributed by atoms with Crippen molar-refractivity contribution in [3.63, 3.8) is 0 Å². The zero-order valence-electron chi connectivity index (χ0n) is 18.8. The molecule has 0 unspecified atom stereocenters. The summed E-state index contributed by atoms with van der Waals surface area (Å²) in [4.78, 5) is 25.8. The van der Waals surface area contributed by atoms with Gasteiger partial charge in [-0.05, 0) is 30.5 Å². The number of carbonyl (C=O) groups excluding carboxylic acids is 1. The SMILES string of the molecule is N=C1C(=C(O)c2ccccc2)[C@H](c2ccccc2)C2=C(CCCC2=O)N1c1ccc([N+](=O)[O-])cc1. The van der Waals surface area contributed by atoms with Crippen molar-refractivity contribution in [3.05, 3.63) is 123 Å². The highest BCUT2D eigenvalue weighted by Crippen LogP contribution is 2.47. The summed E-state index contributed by atoms with van der Waals surface area (Å²) in [7, 11) is 0. The number of Topliss-reactive ketones (excluding diaryl/α,β-unsaturated/α-hetero) is 1. The standard InChI is InChI=1S/C28H23N3O4/c29-28-26(27(33)19-10-5-2-6-11-19)24(18-8-3-1-4-9-18)25-22(12-7-13-23(25)32)30(28)20-14-16-21(17-15-20)31(34)35/h1-6,8-11,14-17,24,29,33H,7,12-13H2/t24-/m1/s1. The fraction of sp³-hybridized carbons (Fsp3) is 0.143. The van der Waals surface area contributed by atoms with Gasteiger partial charge >= 0.3 is 0 Å². The van der Waals surface area contributed by atoms with Crippen LogP contribution in [0.2, 0.25) is 0 Å². The molecule has 0 spiro atoms. The van der Waals surface area contributed by atoms with Crippen LogP contribution in [0.1, 0.15) is 36.3 Å². The highest BCUT2D eigenvalue weighted by Gasteiger charge is 2.43. The Hall–Kier alpha value is -4.52. The molecule has 2 N–H and O–H groups in total. The molecule has 1 atom stereocenters. The minimum atomic E-state index is -0.596. The van der Waals surface area contributed by atoms with E-state index in [0.29, 0.717) is 47.4 Å². The minimum absolute atomic E-state index is 0.0159. The third-order valence-electron chi connectivity index (χ3n) is 6.51. The number of carbonyl (C=O) groups is 1. The van der Waals surface area contributed by atoms with Gasteiger partial charge in [-0.1, -0.05) is 60.7 Å². The van der Waals surface area contributed by atoms with Gasteiger partial charge in [0.1, 0.15) is 11.6 Å². The van der Waals surface area contributed by atoms with Crippen LogP contribution in [-0.4, -0.2) is 21.6 Å². The van der Waals surface area contributed by atoms with Crippen LogP contribution in [0.5, 0.6) is 0 Å². The summed E-state index contributed by atoms with van der Waals surface area (Å²) in [5.41, 5.74) is 3.44. The number of aliphatic hydroxyl groups excluding tert-OH is 1. The molecular weight excluding hydrogens is 442 g/mol. The smallest absolute Gasteiger partial charge is 0.269 e. The second-order valence-corrected chi connectivity index (χ2v) is 8.57. The van der Waals surface area contributed by atoms with Crippen molar-refractivity contribution < 1.29 is 14.8 Å². The number of rotatable bonds is 4. The van der Waals surface area contributed by atoms with Crippen molar-refractivity contribution in [2.75, 3.05) is 4.90 Å². The van der Waals surface area contributed by atoms with Crippen LogP contribution in [-0.2, 0) is 4.79 Å². The lowest BCUT2D eigenvalue weighted by Crippen LogP contribution is -2.42. The van der Waals surface area contributed by atoms with Crippen LogP contribution in [0.3, 0.4) is 0 Å². The summed E-state index contributed by atoms with van der Waals surface area (Å²) in [6.07, 6.45) is 1.63. The molecule has 0 saturated carbocycles. The van der Waals surface area contributed by atoms with E-state index in [1.165, 1.54) is 12.1 Å². The van der Waals surface area contributed by atoms with E-state index in [-0.39, 0.29) is 23.1 Å². The average Bonchev–Trinajstić information content (AvgIpc) is 2.89. The number of anilines is 1. The normalized spacial score (nSPS) is 19.4. The molecule has 0 fully saturated rings. The van der Waals surface area contributed by atoms with Gasteiger partial charge in [-0.3, -0.25) is 25.2 Å². The maximum absolute atomic E-state index is 13.4. The van der Waals surface area contributed by atoms with Crippen LogP contribution < -0.4 is 4.90 Å². The second-order valence-electron chi connectivity index (χ2n) is 8.57. The fourth-order valence-corrected chi connectivity index (χ4v) is 4.93. The van der Waals surface area contributed by atoms with Crippen LogP contribution in [0, 0.1) is 15.5 Å². The highest BCUT2D eigenvalue weighted by molar-refractivity contribution is 6.19. The summed E-state index contributed by atoms with van der Waals surface area (Å²) in [5.74, 6) is -0.636. The molecule has 0 amide bonds. The Kier molecular flexibility index (Phi) is 5.74. The number of nitro benzene ring substituents is 1. The lowest BCUT2D eigenvalue weighted by Gasteiger charge is -2.41. The highest BCUT2D eigenvalue weighted by atomic mass is 16.6. The third-order valence-corrected chi connectivity index (χ3v) is 6.51. The van der Waals surface area contributed by atoms with E-state index < -0.39 is 10.8 Å². The van der Waals surface area contributed by atoms with Crippen LogP contribution in [0.25, 0.3) is 5.76 Å². The number of non-ortho nitro benzene ring substituents is 1. The fourth-order valence-electron chi connectivity index (χ4n) is 4.93. The van der Waals surface area contributed by atoms with Gasteiger partial charge in [-0.15, -0.1) is 0 Å². The predicted molar refractivity (Wildman–Crippen MR) is 134 cm³/mol. The second kappa shape index (κ2) is 9.02. The van der Waals surface area contributed by atoms with E-state index in [0.717, 1.165) is 5.56 Å². The van der Waals surface area contributed by atoms with Gasteiger partial charge in [0.2, 0.25) is 0 Å². The van der Waals surface area contributed by atoms with Crippen molar-refractivity contribution in [3.8, 4) is 0 Å². The largest absolute Gasteiger partial charge is 0.507 e. The Labute approximate surface area is 202 Å². The average molecular weight is 466 g/mol. The number of allylic oxidation sites excluding steroid dienone is 2. The number of ketones is 1. The molecule has 2 aliphatic rings. The Morgan fingerprint density at radius 1 is 0.943 bits per heavy atom. The molecule has 35 heavy (non-hydrogen) atoms. The van der Waals surface area contributed by atoms with Crippen LogP contribution in [0.15, 0.2) is 102 Å². The van der Waals surface area contributed by atoms with Crippen LogP contribution in [0.4, 0.5) is 11.4 Å².